The van der Waals surface area contributed by atoms with Gasteiger partial charge in [0.1, 0.15) is 11.5 Å². The lowest BCUT2D eigenvalue weighted by Gasteiger charge is -2.05. The van der Waals surface area contributed by atoms with Crippen LogP contribution in [0.4, 0.5) is 0 Å². The van der Waals surface area contributed by atoms with Crippen molar-refractivity contribution in [2.24, 2.45) is 0 Å². The number of para-hydroxylation sites is 1. The minimum atomic E-state index is -0.384. The van der Waals surface area contributed by atoms with Crippen molar-refractivity contribution in [3.8, 4) is 5.75 Å². The van der Waals surface area contributed by atoms with Gasteiger partial charge in [0, 0.05) is 24.4 Å². The SMILES string of the molecule is O=C(NCc1ccccc1O)c1ccc(Cn2ccccc2=O)o1. The molecule has 0 spiro atoms. The Morgan fingerprint density at radius 2 is 1.88 bits per heavy atom. The van der Waals surface area contributed by atoms with Crippen LogP contribution in [-0.2, 0) is 13.1 Å². The lowest BCUT2D eigenvalue weighted by molar-refractivity contribution is 0.0921. The number of furan rings is 1. The molecule has 0 fully saturated rings. The summed E-state index contributed by atoms with van der Waals surface area (Å²) in [6.45, 7) is 0.451. The van der Waals surface area contributed by atoms with Gasteiger partial charge < -0.3 is 19.4 Å². The van der Waals surface area contributed by atoms with Crippen molar-refractivity contribution in [3.63, 3.8) is 0 Å². The molecule has 24 heavy (non-hydrogen) atoms. The summed E-state index contributed by atoms with van der Waals surface area (Å²) in [7, 11) is 0. The number of nitrogens with one attached hydrogen (secondary N) is 1. The van der Waals surface area contributed by atoms with E-state index in [-0.39, 0.29) is 36.1 Å². The number of aromatic hydroxyl groups is 1. The maximum Gasteiger partial charge on any atom is 0.287 e. The monoisotopic (exact) mass is 324 g/mol. The third-order valence-corrected chi connectivity index (χ3v) is 3.54. The number of benzene rings is 1. The molecule has 0 saturated heterocycles. The number of hydrogen-bond acceptors (Lipinski definition) is 4. The molecule has 0 unspecified atom stereocenters. The standard InChI is InChI=1S/C18H16N2O4/c21-15-6-2-1-5-13(15)11-19-18(23)16-9-8-14(24-16)12-20-10-4-3-7-17(20)22/h1-10,21H,11-12H2,(H,19,23). The number of carbonyl (C=O) groups is 1. The molecule has 0 atom stereocenters. The molecular weight excluding hydrogens is 308 g/mol. The Bertz CT molecular complexity index is 911. The van der Waals surface area contributed by atoms with E-state index >= 15 is 0 Å². The molecule has 2 N–H and O–H groups in total. The van der Waals surface area contributed by atoms with E-state index in [0.717, 1.165) is 0 Å². The minimum Gasteiger partial charge on any atom is -0.508 e. The molecule has 1 amide bonds. The largest absolute Gasteiger partial charge is 0.508 e. The molecule has 0 radical (unpaired) electrons. The summed E-state index contributed by atoms with van der Waals surface area (Å²) in [6, 6.07) is 14.9. The van der Waals surface area contributed by atoms with Crippen LogP contribution >= 0.6 is 0 Å². The van der Waals surface area contributed by atoms with Crippen LogP contribution in [0.2, 0.25) is 0 Å². The van der Waals surface area contributed by atoms with Crippen LogP contribution in [0.25, 0.3) is 0 Å². The third kappa shape index (κ3) is 3.55. The maximum absolute atomic E-state index is 12.1. The highest BCUT2D eigenvalue weighted by atomic mass is 16.4. The van der Waals surface area contributed by atoms with E-state index in [4.69, 9.17) is 4.42 Å². The molecule has 2 heterocycles. The normalized spacial score (nSPS) is 10.5. The second kappa shape index (κ2) is 6.87. The predicted molar refractivity (Wildman–Crippen MR) is 87.8 cm³/mol. The molecule has 0 saturated carbocycles. The van der Waals surface area contributed by atoms with E-state index in [0.29, 0.717) is 11.3 Å². The van der Waals surface area contributed by atoms with Crippen molar-refractivity contribution >= 4 is 5.91 Å². The first kappa shape index (κ1) is 15.6. The highest BCUT2D eigenvalue weighted by Gasteiger charge is 2.12. The Kier molecular flexibility index (Phi) is 4.47. The van der Waals surface area contributed by atoms with Gasteiger partial charge in [-0.25, -0.2) is 0 Å². The fourth-order valence-corrected chi connectivity index (χ4v) is 2.27. The zero-order valence-electron chi connectivity index (χ0n) is 12.8. The lowest BCUT2D eigenvalue weighted by atomic mass is 10.2. The van der Waals surface area contributed by atoms with Crippen molar-refractivity contribution in [1.82, 2.24) is 9.88 Å². The summed E-state index contributed by atoms with van der Waals surface area (Å²) >= 11 is 0. The summed E-state index contributed by atoms with van der Waals surface area (Å²) in [5.74, 6) is 0.409. The van der Waals surface area contributed by atoms with E-state index in [9.17, 15) is 14.7 Å². The zero-order chi connectivity index (χ0) is 16.9. The van der Waals surface area contributed by atoms with Crippen LogP contribution in [0.15, 0.2) is 70.0 Å². The van der Waals surface area contributed by atoms with Crippen LogP contribution in [0.3, 0.4) is 0 Å². The van der Waals surface area contributed by atoms with E-state index in [1.165, 1.54) is 10.6 Å². The fourth-order valence-electron chi connectivity index (χ4n) is 2.27. The van der Waals surface area contributed by atoms with E-state index in [1.54, 1.807) is 54.7 Å². The zero-order valence-corrected chi connectivity index (χ0v) is 12.8. The van der Waals surface area contributed by atoms with Crippen LogP contribution in [-0.4, -0.2) is 15.6 Å². The van der Waals surface area contributed by atoms with Gasteiger partial charge in [-0.2, -0.15) is 0 Å². The number of phenolic OH excluding ortho intramolecular Hbond substituents is 1. The third-order valence-electron chi connectivity index (χ3n) is 3.54. The van der Waals surface area contributed by atoms with E-state index in [1.807, 2.05) is 0 Å². The summed E-state index contributed by atoms with van der Waals surface area (Å²) < 4.78 is 6.98. The van der Waals surface area contributed by atoms with Crippen molar-refractivity contribution in [1.29, 1.82) is 0 Å². The number of phenols is 1. The predicted octanol–water partition coefficient (Wildman–Crippen LogP) is 2.13. The number of carbonyl (C=O) groups excluding carboxylic acids is 1. The Balaban J connectivity index is 1.65. The summed E-state index contributed by atoms with van der Waals surface area (Å²) in [6.07, 6.45) is 1.66. The summed E-state index contributed by atoms with van der Waals surface area (Å²) in [5, 5.41) is 12.4. The molecule has 0 aliphatic rings. The molecule has 2 aromatic heterocycles. The van der Waals surface area contributed by atoms with Crippen molar-refractivity contribution < 1.29 is 14.3 Å². The van der Waals surface area contributed by atoms with Gasteiger partial charge in [-0.1, -0.05) is 24.3 Å². The first-order valence-corrected chi connectivity index (χ1v) is 7.43. The Hall–Kier alpha value is -3.28. The Morgan fingerprint density at radius 1 is 1.08 bits per heavy atom. The molecule has 0 bridgehead atoms. The molecule has 6 nitrogen and oxygen atoms in total. The van der Waals surface area contributed by atoms with Crippen molar-refractivity contribution in [3.05, 3.63) is 88.2 Å². The highest BCUT2D eigenvalue weighted by molar-refractivity contribution is 5.91. The van der Waals surface area contributed by atoms with Gasteiger partial charge in [0.25, 0.3) is 11.5 Å². The van der Waals surface area contributed by atoms with Gasteiger partial charge in [0.05, 0.1) is 6.54 Å². The van der Waals surface area contributed by atoms with Crippen LogP contribution < -0.4 is 10.9 Å². The first-order chi connectivity index (χ1) is 11.6. The van der Waals surface area contributed by atoms with Gasteiger partial charge in [0.2, 0.25) is 0 Å². The quantitative estimate of drug-likeness (QED) is 0.753. The second-order valence-corrected chi connectivity index (χ2v) is 5.24. The average Bonchev–Trinajstić information content (AvgIpc) is 3.05. The van der Waals surface area contributed by atoms with Crippen LogP contribution in [0.1, 0.15) is 21.9 Å². The van der Waals surface area contributed by atoms with Gasteiger partial charge in [0.15, 0.2) is 5.76 Å². The maximum atomic E-state index is 12.1. The molecule has 6 heteroatoms. The van der Waals surface area contributed by atoms with Crippen LogP contribution in [0, 0.1) is 0 Å². The topological polar surface area (TPSA) is 84.5 Å². The molecule has 1 aromatic carbocycles. The van der Waals surface area contributed by atoms with Gasteiger partial charge in [-0.15, -0.1) is 0 Å². The van der Waals surface area contributed by atoms with Crippen molar-refractivity contribution in [2.75, 3.05) is 0 Å². The van der Waals surface area contributed by atoms with Crippen molar-refractivity contribution in [2.45, 2.75) is 13.1 Å². The fraction of sp³-hybridized carbons (Fsp3) is 0.111. The van der Waals surface area contributed by atoms with Gasteiger partial charge >= 0.3 is 0 Å². The minimum absolute atomic E-state index is 0.126. The lowest BCUT2D eigenvalue weighted by Crippen LogP contribution is -2.22. The Morgan fingerprint density at radius 3 is 2.67 bits per heavy atom. The average molecular weight is 324 g/mol. The number of hydrogen-bond donors (Lipinski definition) is 2. The molecule has 3 aromatic rings. The molecule has 3 rings (SSSR count). The first-order valence-electron chi connectivity index (χ1n) is 7.43. The molecule has 122 valence electrons. The second-order valence-electron chi connectivity index (χ2n) is 5.24. The summed E-state index contributed by atoms with van der Waals surface area (Å²) in [4.78, 5) is 23.8. The van der Waals surface area contributed by atoms with Crippen LogP contribution in [0.5, 0.6) is 5.75 Å². The molecular formula is C18H16N2O4. The molecule has 0 aliphatic carbocycles. The molecule has 0 aliphatic heterocycles. The number of amides is 1. The highest BCUT2D eigenvalue weighted by Crippen LogP contribution is 2.15. The Labute approximate surface area is 138 Å². The van der Waals surface area contributed by atoms with Gasteiger partial charge in [-0.05, 0) is 24.3 Å². The number of aromatic nitrogens is 1. The smallest absolute Gasteiger partial charge is 0.287 e. The van der Waals surface area contributed by atoms with E-state index in [2.05, 4.69) is 5.32 Å². The number of rotatable bonds is 5. The summed E-state index contributed by atoms with van der Waals surface area (Å²) in [5.41, 5.74) is 0.480. The van der Waals surface area contributed by atoms with Gasteiger partial charge in [-0.3, -0.25) is 9.59 Å². The number of pyridine rings is 1. The number of nitrogens with zero attached hydrogens (tertiary/aromatic N) is 1. The van der Waals surface area contributed by atoms with E-state index < -0.39 is 0 Å².